The minimum Gasteiger partial charge on any atom is -0.444 e. The molecule has 1 aromatic carbocycles. The number of ether oxygens (including phenoxy) is 1. The van der Waals surface area contributed by atoms with Gasteiger partial charge in [-0.25, -0.2) is 4.79 Å². The van der Waals surface area contributed by atoms with Crippen molar-refractivity contribution in [3.8, 4) is 0 Å². The van der Waals surface area contributed by atoms with Gasteiger partial charge in [-0.05, 0) is 38.4 Å². The van der Waals surface area contributed by atoms with Crippen molar-refractivity contribution in [2.75, 3.05) is 13.1 Å². The average molecular weight is 339 g/mol. The molecule has 1 atom stereocenters. The standard InChI is InChI=1S/C17H23ClN2O3/c1-16(2,3)23-15(21)20-10-17(4,9-19)13-11-7-5-6-8-12(11)22-14(13)18/h5-8H,9-10,19H2,1-4H3,(H,20,21). The number of carbonyl (C=O) groups is 1. The van der Waals surface area contributed by atoms with Crippen molar-refractivity contribution in [2.24, 2.45) is 5.73 Å². The Kier molecular flexibility index (Phi) is 4.92. The van der Waals surface area contributed by atoms with E-state index in [0.29, 0.717) is 23.9 Å². The third-order valence-corrected chi connectivity index (χ3v) is 3.89. The summed E-state index contributed by atoms with van der Waals surface area (Å²) in [6, 6.07) is 7.57. The maximum Gasteiger partial charge on any atom is 0.407 e. The molecule has 23 heavy (non-hydrogen) atoms. The molecule has 1 aromatic heterocycles. The highest BCUT2D eigenvalue weighted by Crippen LogP contribution is 2.38. The molecule has 2 aromatic rings. The SMILES string of the molecule is CC(C)(C)OC(=O)NCC(C)(CN)c1c(Cl)oc2ccccc12. The quantitative estimate of drug-likeness (QED) is 0.888. The van der Waals surface area contributed by atoms with Gasteiger partial charge in [0.2, 0.25) is 0 Å². The predicted molar refractivity (Wildman–Crippen MR) is 91.9 cm³/mol. The Hall–Kier alpha value is -1.72. The molecule has 2 rings (SSSR count). The van der Waals surface area contributed by atoms with Crippen molar-refractivity contribution in [1.82, 2.24) is 5.32 Å². The van der Waals surface area contributed by atoms with Crippen LogP contribution in [0.5, 0.6) is 0 Å². The number of hydrogen-bond acceptors (Lipinski definition) is 4. The average Bonchev–Trinajstić information content (AvgIpc) is 2.79. The molecule has 0 saturated carbocycles. The summed E-state index contributed by atoms with van der Waals surface area (Å²) >= 11 is 6.29. The van der Waals surface area contributed by atoms with Crippen molar-refractivity contribution in [3.05, 3.63) is 35.0 Å². The topological polar surface area (TPSA) is 77.5 Å². The van der Waals surface area contributed by atoms with Crippen LogP contribution in [0.4, 0.5) is 4.79 Å². The van der Waals surface area contributed by atoms with Crippen LogP contribution in [0, 0.1) is 0 Å². The van der Waals surface area contributed by atoms with Gasteiger partial charge in [-0.3, -0.25) is 0 Å². The van der Waals surface area contributed by atoms with E-state index >= 15 is 0 Å². The fourth-order valence-corrected chi connectivity index (χ4v) is 2.84. The lowest BCUT2D eigenvalue weighted by Crippen LogP contribution is -2.45. The molecule has 1 amide bonds. The Morgan fingerprint density at radius 3 is 2.57 bits per heavy atom. The van der Waals surface area contributed by atoms with Gasteiger partial charge < -0.3 is 20.2 Å². The first kappa shape index (κ1) is 17.6. The molecule has 0 aliphatic heterocycles. The number of carbonyl (C=O) groups excluding carboxylic acids is 1. The Morgan fingerprint density at radius 2 is 1.96 bits per heavy atom. The van der Waals surface area contributed by atoms with E-state index in [2.05, 4.69) is 5.32 Å². The van der Waals surface area contributed by atoms with Gasteiger partial charge in [0.1, 0.15) is 11.2 Å². The molecule has 0 radical (unpaired) electrons. The highest BCUT2D eigenvalue weighted by molar-refractivity contribution is 6.31. The van der Waals surface area contributed by atoms with Gasteiger partial charge in [0, 0.05) is 29.5 Å². The van der Waals surface area contributed by atoms with Gasteiger partial charge in [0.05, 0.1) is 0 Å². The van der Waals surface area contributed by atoms with Crippen molar-refractivity contribution >= 4 is 28.7 Å². The molecule has 0 aliphatic rings. The van der Waals surface area contributed by atoms with E-state index in [0.717, 1.165) is 10.9 Å². The number of nitrogens with one attached hydrogen (secondary N) is 1. The monoisotopic (exact) mass is 338 g/mol. The summed E-state index contributed by atoms with van der Waals surface area (Å²) in [6.07, 6.45) is -0.485. The zero-order valence-corrected chi connectivity index (χ0v) is 14.7. The van der Waals surface area contributed by atoms with Gasteiger partial charge in [-0.1, -0.05) is 25.1 Å². The molecular formula is C17H23ClN2O3. The molecular weight excluding hydrogens is 316 g/mol. The van der Waals surface area contributed by atoms with E-state index in [1.807, 2.05) is 52.0 Å². The molecule has 0 spiro atoms. The Labute approximate surface area is 141 Å². The van der Waals surface area contributed by atoms with Crippen LogP contribution >= 0.6 is 11.6 Å². The molecule has 0 bridgehead atoms. The Bertz CT molecular complexity index is 705. The van der Waals surface area contributed by atoms with E-state index < -0.39 is 17.1 Å². The minimum absolute atomic E-state index is 0.293. The summed E-state index contributed by atoms with van der Waals surface area (Å²) in [6.45, 7) is 7.97. The third-order valence-electron chi connectivity index (χ3n) is 3.63. The smallest absolute Gasteiger partial charge is 0.407 e. The molecule has 1 heterocycles. The fraction of sp³-hybridized carbons (Fsp3) is 0.471. The molecule has 0 aliphatic carbocycles. The molecule has 5 nitrogen and oxygen atoms in total. The highest BCUT2D eigenvalue weighted by Gasteiger charge is 2.33. The minimum atomic E-state index is -0.569. The zero-order valence-electron chi connectivity index (χ0n) is 13.9. The van der Waals surface area contributed by atoms with Gasteiger partial charge in [-0.15, -0.1) is 0 Å². The summed E-state index contributed by atoms with van der Waals surface area (Å²) in [5, 5.41) is 3.97. The van der Waals surface area contributed by atoms with Crippen LogP contribution in [0.3, 0.4) is 0 Å². The van der Waals surface area contributed by atoms with Crippen LogP contribution < -0.4 is 11.1 Å². The van der Waals surface area contributed by atoms with Crippen LogP contribution in [-0.4, -0.2) is 24.8 Å². The molecule has 126 valence electrons. The lowest BCUT2D eigenvalue weighted by atomic mass is 9.82. The maximum atomic E-state index is 11.9. The van der Waals surface area contributed by atoms with Gasteiger partial charge in [0.25, 0.3) is 0 Å². The summed E-state index contributed by atoms with van der Waals surface area (Å²) < 4.78 is 10.9. The van der Waals surface area contributed by atoms with E-state index in [9.17, 15) is 4.79 Å². The van der Waals surface area contributed by atoms with Gasteiger partial charge >= 0.3 is 6.09 Å². The number of hydrogen-bond donors (Lipinski definition) is 2. The summed E-state index contributed by atoms with van der Waals surface area (Å²) in [4.78, 5) is 11.9. The second-order valence-corrected chi connectivity index (χ2v) is 7.21. The van der Waals surface area contributed by atoms with Crippen LogP contribution in [0.2, 0.25) is 5.22 Å². The number of amides is 1. The van der Waals surface area contributed by atoms with Crippen molar-refractivity contribution in [2.45, 2.75) is 38.7 Å². The number of alkyl carbamates (subject to hydrolysis) is 1. The van der Waals surface area contributed by atoms with Gasteiger partial charge in [0.15, 0.2) is 5.22 Å². The zero-order chi connectivity index (χ0) is 17.3. The van der Waals surface area contributed by atoms with Gasteiger partial charge in [-0.2, -0.15) is 0 Å². The number of fused-ring (bicyclic) bond motifs is 1. The first-order valence-electron chi connectivity index (χ1n) is 7.51. The molecule has 0 fully saturated rings. The van der Waals surface area contributed by atoms with E-state index in [4.69, 9.17) is 26.5 Å². The van der Waals surface area contributed by atoms with E-state index in [-0.39, 0.29) is 0 Å². The lowest BCUT2D eigenvalue weighted by molar-refractivity contribution is 0.0516. The lowest BCUT2D eigenvalue weighted by Gasteiger charge is -2.29. The van der Waals surface area contributed by atoms with Crippen molar-refractivity contribution in [3.63, 3.8) is 0 Å². The van der Waals surface area contributed by atoms with Crippen LogP contribution in [0.1, 0.15) is 33.3 Å². The maximum absolute atomic E-state index is 11.9. The van der Waals surface area contributed by atoms with E-state index in [1.165, 1.54) is 0 Å². The highest BCUT2D eigenvalue weighted by atomic mass is 35.5. The number of rotatable bonds is 4. The number of halogens is 1. The van der Waals surface area contributed by atoms with E-state index in [1.54, 1.807) is 0 Å². The molecule has 1 unspecified atom stereocenters. The molecule has 3 N–H and O–H groups in total. The van der Waals surface area contributed by atoms with Crippen LogP contribution in [-0.2, 0) is 10.2 Å². The second kappa shape index (κ2) is 6.42. The molecule has 0 saturated heterocycles. The third kappa shape index (κ3) is 3.98. The van der Waals surface area contributed by atoms with Crippen molar-refractivity contribution in [1.29, 1.82) is 0 Å². The second-order valence-electron chi connectivity index (χ2n) is 6.87. The normalized spacial score (nSPS) is 14.5. The Morgan fingerprint density at radius 1 is 1.30 bits per heavy atom. The Balaban J connectivity index is 2.26. The first-order chi connectivity index (χ1) is 10.7. The largest absolute Gasteiger partial charge is 0.444 e. The number of nitrogens with two attached hydrogens (primary N) is 1. The number of benzene rings is 1. The summed E-state index contributed by atoms with van der Waals surface area (Å²) in [5.41, 5.74) is 6.36. The predicted octanol–water partition coefficient (Wildman–Crippen LogP) is 3.83. The number of para-hydroxylation sites is 1. The van der Waals surface area contributed by atoms with Crippen molar-refractivity contribution < 1.29 is 13.9 Å². The van der Waals surface area contributed by atoms with Crippen LogP contribution in [0.25, 0.3) is 11.0 Å². The number of furan rings is 1. The molecule has 6 heteroatoms. The first-order valence-corrected chi connectivity index (χ1v) is 7.88. The fourth-order valence-electron chi connectivity index (χ4n) is 2.42. The summed E-state index contributed by atoms with van der Waals surface area (Å²) in [5.74, 6) is 0. The van der Waals surface area contributed by atoms with Crippen LogP contribution in [0.15, 0.2) is 28.7 Å². The summed E-state index contributed by atoms with van der Waals surface area (Å²) in [7, 11) is 0.